The van der Waals surface area contributed by atoms with Crippen LogP contribution in [0.4, 0.5) is 0 Å². The van der Waals surface area contributed by atoms with Crippen LogP contribution in [-0.2, 0) is 11.2 Å². The van der Waals surface area contributed by atoms with Crippen molar-refractivity contribution >= 4 is 22.2 Å². The summed E-state index contributed by atoms with van der Waals surface area (Å²) in [5.74, 6) is 1.73. The smallest absolute Gasteiger partial charge is 0.228 e. The van der Waals surface area contributed by atoms with Crippen LogP contribution in [0.2, 0.25) is 0 Å². The second kappa shape index (κ2) is 7.51. The van der Waals surface area contributed by atoms with Crippen molar-refractivity contribution in [1.82, 2.24) is 14.3 Å². The van der Waals surface area contributed by atoms with Crippen molar-refractivity contribution in [2.75, 3.05) is 20.8 Å². The van der Waals surface area contributed by atoms with Gasteiger partial charge in [0.05, 0.1) is 26.3 Å². The molecule has 1 aliphatic carbocycles. The lowest BCUT2D eigenvalue weighted by atomic mass is 9.65. The number of aromatic nitrogens is 2. The fraction of sp³-hybridized carbons (Fsp3) is 0.520. The van der Waals surface area contributed by atoms with Gasteiger partial charge >= 0.3 is 0 Å². The molecule has 1 aliphatic heterocycles. The number of hydrogen-bond acceptors (Lipinski definition) is 5. The van der Waals surface area contributed by atoms with Crippen molar-refractivity contribution in [3.05, 3.63) is 35.5 Å². The van der Waals surface area contributed by atoms with E-state index in [1.165, 1.54) is 6.42 Å². The highest BCUT2D eigenvalue weighted by Gasteiger charge is 2.50. The van der Waals surface area contributed by atoms with Crippen molar-refractivity contribution < 1.29 is 14.3 Å². The van der Waals surface area contributed by atoms with E-state index >= 15 is 0 Å². The summed E-state index contributed by atoms with van der Waals surface area (Å²) in [6.07, 6.45) is 5.82. The van der Waals surface area contributed by atoms with Gasteiger partial charge in [0.2, 0.25) is 5.91 Å². The molecule has 2 bridgehead atoms. The Morgan fingerprint density at radius 2 is 2.03 bits per heavy atom. The second-order valence-electron chi connectivity index (χ2n) is 10.5. The zero-order valence-electron chi connectivity index (χ0n) is 19.5. The summed E-state index contributed by atoms with van der Waals surface area (Å²) in [6, 6.07) is 6.06. The molecule has 2 fully saturated rings. The van der Waals surface area contributed by atoms with Gasteiger partial charge in [0.25, 0.3) is 0 Å². The van der Waals surface area contributed by atoms with Crippen molar-refractivity contribution in [1.29, 1.82) is 0 Å². The number of benzene rings is 1. The minimum absolute atomic E-state index is 0.227. The maximum atomic E-state index is 13.4. The quantitative estimate of drug-likeness (QED) is 0.542. The van der Waals surface area contributed by atoms with Crippen LogP contribution in [0.1, 0.15) is 45.7 Å². The average molecular weight is 454 g/mol. The number of likely N-dealkylation sites (tertiary alicyclic amines) is 1. The summed E-state index contributed by atoms with van der Waals surface area (Å²) in [5, 5.41) is 2.06. The molecule has 2 aliphatic rings. The molecule has 0 radical (unpaired) electrons. The van der Waals surface area contributed by atoms with Gasteiger partial charge in [-0.15, -0.1) is 11.3 Å². The first-order valence-corrected chi connectivity index (χ1v) is 12.1. The zero-order chi connectivity index (χ0) is 22.7. The van der Waals surface area contributed by atoms with Crippen LogP contribution >= 0.6 is 11.3 Å². The molecule has 6 nitrogen and oxygen atoms in total. The van der Waals surface area contributed by atoms with Crippen LogP contribution < -0.4 is 9.47 Å². The first kappa shape index (κ1) is 21.3. The molecule has 0 N–H and O–H groups in total. The standard InChI is InChI=1S/C25H31N3O3S/c1-24(2)10-17-11-25(3,14-24)15-28(17)22(29)8-16-13-32-23-26-20(12-27(16)23)19-9-18(30-4)6-7-21(19)31-5/h6-7,9,12-13,17H,8,10-11,14-15H2,1-5H3. The maximum absolute atomic E-state index is 13.4. The largest absolute Gasteiger partial charge is 0.497 e. The number of carbonyl (C=O) groups excluding carboxylic acids is 1. The van der Waals surface area contributed by atoms with Gasteiger partial charge in [-0.05, 0) is 48.3 Å². The Labute approximate surface area is 193 Å². The van der Waals surface area contributed by atoms with Crippen LogP contribution in [0.25, 0.3) is 16.2 Å². The number of imidazole rings is 1. The van der Waals surface area contributed by atoms with E-state index < -0.39 is 0 Å². The first-order valence-electron chi connectivity index (χ1n) is 11.2. The number of methoxy groups -OCH3 is 2. The van der Waals surface area contributed by atoms with Gasteiger partial charge in [0.1, 0.15) is 11.5 Å². The Bertz CT molecular complexity index is 1180. The molecular formula is C25H31N3O3S. The predicted molar refractivity (Wildman–Crippen MR) is 127 cm³/mol. The third-order valence-corrected chi connectivity index (χ3v) is 7.92. The molecule has 5 rings (SSSR count). The van der Waals surface area contributed by atoms with Crippen LogP contribution in [-0.4, -0.2) is 47.0 Å². The topological polar surface area (TPSA) is 56.1 Å². The summed E-state index contributed by atoms with van der Waals surface area (Å²) in [4.78, 5) is 21.2. The Hall–Kier alpha value is -2.54. The van der Waals surface area contributed by atoms with E-state index in [0.29, 0.717) is 17.9 Å². The molecule has 0 spiro atoms. The van der Waals surface area contributed by atoms with Gasteiger partial charge in [0, 0.05) is 35.4 Å². The van der Waals surface area contributed by atoms with Crippen LogP contribution in [0.5, 0.6) is 11.5 Å². The maximum Gasteiger partial charge on any atom is 0.228 e. The third-order valence-electron chi connectivity index (χ3n) is 7.03. The van der Waals surface area contributed by atoms with Gasteiger partial charge in [-0.1, -0.05) is 20.8 Å². The number of rotatable bonds is 5. The van der Waals surface area contributed by atoms with E-state index in [9.17, 15) is 4.79 Å². The van der Waals surface area contributed by atoms with Crippen molar-refractivity contribution in [3.8, 4) is 22.8 Å². The average Bonchev–Trinajstić information content (AvgIpc) is 3.38. The minimum Gasteiger partial charge on any atom is -0.497 e. The summed E-state index contributed by atoms with van der Waals surface area (Å²) < 4.78 is 13.0. The highest BCUT2D eigenvalue weighted by Crippen LogP contribution is 2.52. The fourth-order valence-corrected chi connectivity index (χ4v) is 6.98. The number of hydrogen-bond donors (Lipinski definition) is 0. The first-order chi connectivity index (χ1) is 15.2. The van der Waals surface area contributed by atoms with E-state index in [1.807, 2.05) is 28.8 Å². The van der Waals surface area contributed by atoms with E-state index in [0.717, 1.165) is 52.8 Å². The van der Waals surface area contributed by atoms with Crippen LogP contribution in [0, 0.1) is 10.8 Å². The summed E-state index contributed by atoms with van der Waals surface area (Å²) in [6.45, 7) is 7.91. The SMILES string of the molecule is COc1ccc(OC)c(-c2cn3c(CC(=O)N4CC5(C)CC4CC(C)(C)C5)csc3n2)c1. The third kappa shape index (κ3) is 3.66. The summed E-state index contributed by atoms with van der Waals surface area (Å²) in [5.41, 5.74) is 3.23. The van der Waals surface area contributed by atoms with Gasteiger partial charge in [-0.2, -0.15) is 0 Å². The van der Waals surface area contributed by atoms with E-state index in [-0.39, 0.29) is 11.3 Å². The van der Waals surface area contributed by atoms with E-state index in [4.69, 9.17) is 14.5 Å². The number of ether oxygens (including phenoxy) is 2. The Kier molecular flexibility index (Phi) is 5.00. The molecule has 3 aromatic rings. The predicted octanol–water partition coefficient (Wildman–Crippen LogP) is 5.05. The number of fused-ring (bicyclic) bond motifs is 3. The zero-order valence-corrected chi connectivity index (χ0v) is 20.3. The van der Waals surface area contributed by atoms with Crippen molar-refractivity contribution in [3.63, 3.8) is 0 Å². The van der Waals surface area contributed by atoms with Crippen LogP contribution in [0.3, 0.4) is 0 Å². The van der Waals surface area contributed by atoms with Gasteiger partial charge in [-0.25, -0.2) is 4.98 Å². The summed E-state index contributed by atoms with van der Waals surface area (Å²) in [7, 11) is 3.30. The number of carbonyl (C=O) groups is 1. The second-order valence-corrected chi connectivity index (χ2v) is 11.3. The lowest BCUT2D eigenvalue weighted by Gasteiger charge is -2.39. The fourth-order valence-electron chi connectivity index (χ4n) is 6.11. The molecule has 1 saturated heterocycles. The van der Waals surface area contributed by atoms with E-state index in [1.54, 1.807) is 25.6 Å². The highest BCUT2D eigenvalue weighted by molar-refractivity contribution is 7.15. The molecule has 2 unspecified atom stereocenters. The minimum atomic E-state index is 0.227. The molecule has 32 heavy (non-hydrogen) atoms. The molecule has 1 aromatic carbocycles. The molecular weight excluding hydrogens is 422 g/mol. The molecule has 1 amide bonds. The van der Waals surface area contributed by atoms with Gasteiger partial charge < -0.3 is 14.4 Å². The molecule has 2 aromatic heterocycles. The van der Waals surface area contributed by atoms with Gasteiger partial charge in [0.15, 0.2) is 4.96 Å². The number of nitrogens with zero attached hydrogens (tertiary/aromatic N) is 3. The summed E-state index contributed by atoms with van der Waals surface area (Å²) >= 11 is 1.56. The molecule has 2 atom stereocenters. The monoisotopic (exact) mass is 453 g/mol. The Morgan fingerprint density at radius 1 is 1.22 bits per heavy atom. The number of thiazole rings is 1. The van der Waals surface area contributed by atoms with Crippen molar-refractivity contribution in [2.45, 2.75) is 52.5 Å². The normalized spacial score (nSPS) is 24.2. The van der Waals surface area contributed by atoms with E-state index in [2.05, 4.69) is 31.1 Å². The lowest BCUT2D eigenvalue weighted by Crippen LogP contribution is -2.38. The lowest BCUT2D eigenvalue weighted by molar-refractivity contribution is -0.131. The molecule has 170 valence electrons. The van der Waals surface area contributed by atoms with Crippen LogP contribution in [0.15, 0.2) is 29.8 Å². The van der Waals surface area contributed by atoms with Gasteiger partial charge in [-0.3, -0.25) is 9.20 Å². The molecule has 1 saturated carbocycles. The Morgan fingerprint density at radius 3 is 2.78 bits per heavy atom. The Balaban J connectivity index is 1.41. The molecule has 7 heteroatoms. The molecule has 3 heterocycles. The number of amides is 1. The highest BCUT2D eigenvalue weighted by atomic mass is 32.1. The van der Waals surface area contributed by atoms with Crippen molar-refractivity contribution in [2.24, 2.45) is 10.8 Å².